The van der Waals surface area contributed by atoms with Crippen molar-refractivity contribution < 1.29 is 31.9 Å². The maximum absolute atomic E-state index is 14.0. The quantitative estimate of drug-likeness (QED) is 0.224. The summed E-state index contributed by atoms with van der Waals surface area (Å²) in [5, 5.41) is 17.3. The fourth-order valence-electron chi connectivity index (χ4n) is 5.57. The van der Waals surface area contributed by atoms with Gasteiger partial charge in [0.2, 0.25) is 10.0 Å². The van der Waals surface area contributed by atoms with E-state index in [0.29, 0.717) is 29.8 Å². The molecule has 242 valence electrons. The number of hydrogen-bond acceptors (Lipinski definition) is 6. The zero-order chi connectivity index (χ0) is 32.7. The molecule has 3 unspecified atom stereocenters. The van der Waals surface area contributed by atoms with E-state index in [0.717, 1.165) is 31.0 Å². The van der Waals surface area contributed by atoms with Crippen molar-refractivity contribution in [3.05, 3.63) is 100 Å². The Morgan fingerprint density at radius 2 is 1.64 bits per heavy atom. The van der Waals surface area contributed by atoms with E-state index in [1.54, 1.807) is 42.2 Å². The van der Waals surface area contributed by atoms with Crippen molar-refractivity contribution in [3.63, 3.8) is 0 Å². The largest absolute Gasteiger partial charge is 0.390 e. The summed E-state index contributed by atoms with van der Waals surface area (Å²) in [6.07, 6.45) is 0.228. The Balaban J connectivity index is 1.57. The molecule has 1 heterocycles. The number of aliphatic hydroxyl groups is 1. The molecule has 0 bridgehead atoms. The molecule has 9 nitrogen and oxygen atoms in total. The second-order valence-corrected chi connectivity index (χ2v) is 13.1. The van der Waals surface area contributed by atoms with Gasteiger partial charge in [-0.1, -0.05) is 32.0 Å². The highest BCUT2D eigenvalue weighted by Gasteiger charge is 2.31. The van der Waals surface area contributed by atoms with E-state index < -0.39 is 45.8 Å². The number of aryl methyl sites for hydroxylation is 1. The smallest absolute Gasteiger partial charge is 0.253 e. The molecule has 0 fully saturated rings. The van der Waals surface area contributed by atoms with Crippen LogP contribution in [0.15, 0.2) is 65.6 Å². The van der Waals surface area contributed by atoms with Gasteiger partial charge in [0.15, 0.2) is 0 Å². The van der Waals surface area contributed by atoms with Gasteiger partial charge in [-0.25, -0.2) is 21.9 Å². The number of hydrogen-bond donors (Lipinski definition) is 4. The van der Waals surface area contributed by atoms with E-state index in [-0.39, 0.29) is 41.4 Å². The number of benzene rings is 3. The highest BCUT2D eigenvalue weighted by molar-refractivity contribution is 7.89. The lowest BCUT2D eigenvalue weighted by Gasteiger charge is -2.30. The maximum Gasteiger partial charge on any atom is 0.253 e. The molecule has 4 rings (SSSR count). The third-order valence-electron chi connectivity index (χ3n) is 7.65. The molecule has 0 aliphatic carbocycles. The van der Waals surface area contributed by atoms with E-state index in [1.807, 2.05) is 13.8 Å². The van der Waals surface area contributed by atoms with Gasteiger partial charge < -0.3 is 20.6 Å². The Labute approximate surface area is 263 Å². The fourth-order valence-corrected chi connectivity index (χ4v) is 6.89. The summed E-state index contributed by atoms with van der Waals surface area (Å²) >= 11 is 0. The number of nitrogens with zero attached hydrogens (tertiary/aromatic N) is 1. The number of halogens is 2. The first-order valence-corrected chi connectivity index (χ1v) is 16.6. The van der Waals surface area contributed by atoms with Crippen LogP contribution in [0.1, 0.15) is 70.1 Å². The zero-order valence-electron chi connectivity index (χ0n) is 25.6. The molecule has 4 N–H and O–H groups in total. The monoisotopic (exact) mass is 642 g/mol. The molecule has 12 heteroatoms. The van der Waals surface area contributed by atoms with Gasteiger partial charge in [0.25, 0.3) is 11.8 Å². The summed E-state index contributed by atoms with van der Waals surface area (Å²) in [4.78, 5) is 28.7. The van der Waals surface area contributed by atoms with Gasteiger partial charge in [-0.2, -0.15) is 0 Å². The van der Waals surface area contributed by atoms with Crippen LogP contribution in [0, 0.1) is 18.6 Å². The second kappa shape index (κ2) is 15.0. The molecule has 0 saturated heterocycles. The number of aliphatic hydroxyl groups excluding tert-OH is 1. The van der Waals surface area contributed by atoms with Crippen molar-refractivity contribution in [1.82, 2.24) is 20.3 Å². The van der Waals surface area contributed by atoms with E-state index in [4.69, 9.17) is 0 Å². The predicted octanol–water partition coefficient (Wildman–Crippen LogP) is 3.86. The molecule has 1 aliphatic heterocycles. The van der Waals surface area contributed by atoms with Gasteiger partial charge in [-0.3, -0.25) is 9.59 Å². The molecule has 1 aliphatic rings. The van der Waals surface area contributed by atoms with Crippen molar-refractivity contribution >= 4 is 21.8 Å². The van der Waals surface area contributed by atoms with E-state index >= 15 is 0 Å². The maximum atomic E-state index is 14.0. The van der Waals surface area contributed by atoms with Crippen LogP contribution >= 0.6 is 0 Å². The van der Waals surface area contributed by atoms with Crippen LogP contribution in [0.3, 0.4) is 0 Å². The fraction of sp³-hybridized carbons (Fsp3) is 0.394. The highest BCUT2D eigenvalue weighted by Crippen LogP contribution is 2.26. The molecular weight excluding hydrogens is 602 g/mol. The molecular formula is C33H40F2N4O5S. The second-order valence-electron chi connectivity index (χ2n) is 11.4. The van der Waals surface area contributed by atoms with Crippen molar-refractivity contribution in [2.75, 3.05) is 26.2 Å². The van der Waals surface area contributed by atoms with Gasteiger partial charge in [-0.15, -0.1) is 0 Å². The average molecular weight is 643 g/mol. The van der Waals surface area contributed by atoms with Crippen molar-refractivity contribution in [2.45, 2.75) is 63.1 Å². The first-order chi connectivity index (χ1) is 21.4. The predicted molar refractivity (Wildman–Crippen MR) is 167 cm³/mol. The minimum atomic E-state index is -3.66. The summed E-state index contributed by atoms with van der Waals surface area (Å²) < 4.78 is 55.5. The van der Waals surface area contributed by atoms with Crippen LogP contribution in [0.2, 0.25) is 0 Å². The molecule has 3 aromatic rings. The lowest BCUT2D eigenvalue weighted by Crippen LogP contribution is -2.50. The molecule has 3 aromatic carbocycles. The number of nitrogens with one attached hydrogen (secondary N) is 3. The lowest BCUT2D eigenvalue weighted by molar-refractivity contribution is 0.0755. The van der Waals surface area contributed by atoms with Gasteiger partial charge in [0.05, 0.1) is 17.0 Å². The third kappa shape index (κ3) is 8.72. The summed E-state index contributed by atoms with van der Waals surface area (Å²) in [5.74, 6) is -2.34. The molecule has 3 atom stereocenters. The summed E-state index contributed by atoms with van der Waals surface area (Å²) in [7, 11) is -3.66. The minimum absolute atomic E-state index is 0.0470. The third-order valence-corrected chi connectivity index (χ3v) is 9.15. The van der Waals surface area contributed by atoms with Gasteiger partial charge in [0, 0.05) is 49.4 Å². The Morgan fingerprint density at radius 3 is 2.31 bits per heavy atom. The van der Waals surface area contributed by atoms with Crippen molar-refractivity contribution in [3.8, 4) is 0 Å². The Kier molecular flexibility index (Phi) is 11.4. The highest BCUT2D eigenvalue weighted by atomic mass is 32.2. The van der Waals surface area contributed by atoms with E-state index in [1.165, 1.54) is 12.1 Å². The molecule has 0 aromatic heterocycles. The molecule has 0 saturated carbocycles. The summed E-state index contributed by atoms with van der Waals surface area (Å²) in [5.41, 5.74) is 2.03. The molecule has 45 heavy (non-hydrogen) atoms. The molecule has 2 amide bonds. The minimum Gasteiger partial charge on any atom is -0.390 e. The zero-order valence-corrected chi connectivity index (χ0v) is 26.5. The normalized spacial score (nSPS) is 16.8. The topological polar surface area (TPSA) is 128 Å². The van der Waals surface area contributed by atoms with Gasteiger partial charge in [-0.05, 0) is 79.3 Å². The number of carbonyl (C=O) groups is 2. The van der Waals surface area contributed by atoms with Gasteiger partial charge >= 0.3 is 0 Å². The number of carbonyl (C=O) groups excluding carboxylic acids is 2. The lowest BCUT2D eigenvalue weighted by atomic mass is 9.98. The first kappa shape index (κ1) is 34.2. The Morgan fingerprint density at radius 1 is 1.00 bits per heavy atom. The van der Waals surface area contributed by atoms with E-state index in [9.17, 15) is 31.9 Å². The average Bonchev–Trinajstić information content (AvgIpc) is 2.99. The Hall–Kier alpha value is -3.71. The Bertz CT molecular complexity index is 1610. The number of amides is 2. The van der Waals surface area contributed by atoms with E-state index in [2.05, 4.69) is 15.4 Å². The standard InChI is InChI=1S/C33H40F2N4O5S/c1-4-10-39(11-5-2)33(42)24-13-21(3)12-23(17-24)32(41)38-28(16-22-14-25(34)18-26(35)15-22)30(40)20-36-29-19-37-45(43,44)31-9-7-6-8-27(29)31/h6-9,12-15,17-18,28-30,36-37,40H,4-5,10-11,16,19-20H2,1-3H3,(H,38,41). The number of rotatable bonds is 13. The van der Waals surface area contributed by atoms with Crippen LogP contribution in [0.4, 0.5) is 8.78 Å². The van der Waals surface area contributed by atoms with Gasteiger partial charge in [0.1, 0.15) is 11.6 Å². The SMILES string of the molecule is CCCN(CCC)C(=O)c1cc(C)cc(C(=O)NC(Cc2cc(F)cc(F)c2)C(O)CNC2CNS(=O)(=O)c3ccccc32)c1. The molecule has 0 spiro atoms. The molecule has 0 radical (unpaired) electrons. The van der Waals surface area contributed by atoms with Crippen LogP contribution in [0.5, 0.6) is 0 Å². The number of sulfonamides is 1. The van der Waals surface area contributed by atoms with Crippen LogP contribution in [-0.2, 0) is 16.4 Å². The summed E-state index contributed by atoms with van der Waals surface area (Å²) in [6, 6.07) is 12.9. The van der Waals surface area contributed by atoms with Crippen LogP contribution in [0.25, 0.3) is 0 Å². The van der Waals surface area contributed by atoms with Crippen molar-refractivity contribution in [1.29, 1.82) is 0 Å². The van der Waals surface area contributed by atoms with Crippen LogP contribution < -0.4 is 15.4 Å². The van der Waals surface area contributed by atoms with Crippen molar-refractivity contribution in [2.24, 2.45) is 0 Å². The number of fused-ring (bicyclic) bond motifs is 1. The first-order valence-electron chi connectivity index (χ1n) is 15.1. The summed E-state index contributed by atoms with van der Waals surface area (Å²) in [6.45, 7) is 6.89. The van der Waals surface area contributed by atoms with Crippen LogP contribution in [-0.4, -0.2) is 68.6 Å².